The highest BCUT2D eigenvalue weighted by molar-refractivity contribution is 5.42. The molecule has 3 aliphatic carbocycles. The Bertz CT molecular complexity index is 572. The molecular formula is C18H25NO2. The third-order valence-electron chi connectivity index (χ3n) is 6.78. The first-order valence-electron chi connectivity index (χ1n) is 8.27. The second-order valence-corrected chi connectivity index (χ2v) is 7.67. The molecule has 3 nitrogen and oxygen atoms in total. The van der Waals surface area contributed by atoms with Crippen molar-refractivity contribution in [3.05, 3.63) is 29.3 Å². The van der Waals surface area contributed by atoms with Gasteiger partial charge in [0.2, 0.25) is 0 Å². The van der Waals surface area contributed by atoms with Gasteiger partial charge in [-0.2, -0.15) is 0 Å². The number of hydrogen-bond donors (Lipinski definition) is 3. The maximum absolute atomic E-state index is 10.4. The van der Waals surface area contributed by atoms with E-state index >= 15 is 0 Å². The van der Waals surface area contributed by atoms with Crippen molar-refractivity contribution in [1.29, 1.82) is 0 Å². The lowest BCUT2D eigenvalue weighted by Gasteiger charge is -2.51. The fourth-order valence-electron chi connectivity index (χ4n) is 5.62. The van der Waals surface area contributed by atoms with Crippen LogP contribution < -0.4 is 5.73 Å². The summed E-state index contributed by atoms with van der Waals surface area (Å²) in [6, 6.07) is 5.75. The van der Waals surface area contributed by atoms with Crippen molar-refractivity contribution in [1.82, 2.24) is 0 Å². The van der Waals surface area contributed by atoms with Gasteiger partial charge in [0, 0.05) is 6.04 Å². The second-order valence-electron chi connectivity index (χ2n) is 7.67. The topological polar surface area (TPSA) is 66.5 Å². The Kier molecular flexibility index (Phi) is 2.89. The van der Waals surface area contributed by atoms with Crippen LogP contribution in [0.5, 0.6) is 5.75 Å². The van der Waals surface area contributed by atoms with Crippen molar-refractivity contribution in [3.63, 3.8) is 0 Å². The van der Waals surface area contributed by atoms with Gasteiger partial charge >= 0.3 is 0 Å². The van der Waals surface area contributed by atoms with Crippen LogP contribution in [0.15, 0.2) is 18.2 Å². The molecule has 3 heteroatoms. The molecule has 4 N–H and O–H groups in total. The van der Waals surface area contributed by atoms with Crippen LogP contribution in [0.1, 0.15) is 62.1 Å². The number of aromatic hydroxyl groups is 1. The lowest BCUT2D eigenvalue weighted by atomic mass is 9.55. The predicted octanol–water partition coefficient (Wildman–Crippen LogP) is 3.07. The summed E-state index contributed by atoms with van der Waals surface area (Å²) >= 11 is 0. The van der Waals surface area contributed by atoms with Crippen LogP contribution in [0.2, 0.25) is 0 Å². The van der Waals surface area contributed by atoms with E-state index < -0.39 is 0 Å². The Morgan fingerprint density at radius 1 is 1.19 bits per heavy atom. The van der Waals surface area contributed by atoms with Gasteiger partial charge < -0.3 is 15.9 Å². The normalized spacial score (nSPS) is 44.8. The van der Waals surface area contributed by atoms with Crippen molar-refractivity contribution in [3.8, 4) is 5.75 Å². The minimum absolute atomic E-state index is 0.0217. The van der Waals surface area contributed by atoms with Gasteiger partial charge in [-0.15, -0.1) is 0 Å². The van der Waals surface area contributed by atoms with E-state index in [1.165, 1.54) is 5.56 Å². The van der Waals surface area contributed by atoms with Gasteiger partial charge in [-0.25, -0.2) is 0 Å². The molecule has 2 saturated carbocycles. The van der Waals surface area contributed by atoms with Crippen molar-refractivity contribution in [2.75, 3.05) is 0 Å². The molecule has 0 aromatic heterocycles. The number of nitrogens with two attached hydrogens (primary N) is 1. The van der Waals surface area contributed by atoms with Gasteiger partial charge in [-0.1, -0.05) is 13.0 Å². The average Bonchev–Trinajstić information content (AvgIpc) is 2.76. The first kappa shape index (κ1) is 13.6. The molecular weight excluding hydrogens is 262 g/mol. The maximum atomic E-state index is 10.4. The maximum Gasteiger partial charge on any atom is 0.115 e. The van der Waals surface area contributed by atoms with E-state index in [4.69, 9.17) is 5.73 Å². The van der Waals surface area contributed by atoms with Crippen molar-refractivity contribution < 1.29 is 10.2 Å². The zero-order valence-corrected chi connectivity index (χ0v) is 12.6. The molecule has 0 aliphatic heterocycles. The quantitative estimate of drug-likeness (QED) is 0.687. The van der Waals surface area contributed by atoms with Gasteiger partial charge in [-0.05, 0) is 78.5 Å². The number of phenols is 1. The van der Waals surface area contributed by atoms with Crippen LogP contribution in [0.3, 0.4) is 0 Å². The molecule has 21 heavy (non-hydrogen) atoms. The van der Waals surface area contributed by atoms with Crippen LogP contribution in [0.4, 0.5) is 0 Å². The average molecular weight is 287 g/mol. The summed E-state index contributed by atoms with van der Waals surface area (Å²) in [5, 5.41) is 20.1. The smallest absolute Gasteiger partial charge is 0.115 e. The SMILES string of the molecule is C[C@]12CC[C@@H]3c4ccc(O)cc4C(N)C[C@H]3[C@@H]1CC[C@H]2O. The van der Waals surface area contributed by atoms with E-state index in [0.717, 1.165) is 37.7 Å². The highest BCUT2D eigenvalue weighted by Crippen LogP contribution is 2.61. The fraction of sp³-hybridized carbons (Fsp3) is 0.667. The van der Waals surface area contributed by atoms with Crippen molar-refractivity contribution >= 4 is 0 Å². The first-order valence-corrected chi connectivity index (χ1v) is 8.27. The molecule has 0 bridgehead atoms. The standard InChI is InChI=1S/C18H25NO2/c1-18-7-6-12-11-3-2-10(20)8-14(11)16(19)9-13(12)15(18)4-5-17(18)21/h2-3,8,12-13,15-17,20-21H,4-7,9,19H2,1H3/t12-,13-,15+,16?,17-,18+/m1/s1. The third kappa shape index (κ3) is 1.80. The summed E-state index contributed by atoms with van der Waals surface area (Å²) in [6.45, 7) is 2.28. The Hall–Kier alpha value is -1.06. The zero-order chi connectivity index (χ0) is 14.8. The van der Waals surface area contributed by atoms with Gasteiger partial charge in [-0.3, -0.25) is 0 Å². The summed E-state index contributed by atoms with van der Waals surface area (Å²) in [4.78, 5) is 0. The highest BCUT2D eigenvalue weighted by Gasteiger charge is 2.55. The van der Waals surface area contributed by atoms with Crippen LogP contribution in [0.25, 0.3) is 0 Å². The van der Waals surface area contributed by atoms with Crippen molar-refractivity contribution in [2.24, 2.45) is 23.0 Å². The Morgan fingerprint density at radius 3 is 2.81 bits per heavy atom. The summed E-state index contributed by atoms with van der Waals surface area (Å²) in [7, 11) is 0. The molecule has 0 amide bonds. The van der Waals surface area contributed by atoms with Gasteiger partial charge in [0.1, 0.15) is 5.75 Å². The minimum atomic E-state index is -0.138. The summed E-state index contributed by atoms with van der Waals surface area (Å²) < 4.78 is 0. The lowest BCUT2D eigenvalue weighted by molar-refractivity contribution is -0.0248. The zero-order valence-electron chi connectivity index (χ0n) is 12.6. The molecule has 3 aliphatic rings. The Balaban J connectivity index is 1.75. The van der Waals surface area contributed by atoms with Crippen LogP contribution >= 0.6 is 0 Å². The summed E-state index contributed by atoms with van der Waals surface area (Å²) in [5.41, 5.74) is 8.99. The van der Waals surface area contributed by atoms with E-state index in [2.05, 4.69) is 13.0 Å². The molecule has 2 fully saturated rings. The molecule has 1 aromatic carbocycles. The number of hydrogen-bond acceptors (Lipinski definition) is 3. The number of phenolic OH excluding ortho intramolecular Hbond substituents is 1. The minimum Gasteiger partial charge on any atom is -0.508 e. The van der Waals surface area contributed by atoms with Gasteiger partial charge in [0.25, 0.3) is 0 Å². The van der Waals surface area contributed by atoms with Crippen LogP contribution in [-0.2, 0) is 0 Å². The van der Waals surface area contributed by atoms with E-state index in [9.17, 15) is 10.2 Å². The Labute approximate surface area is 126 Å². The van der Waals surface area contributed by atoms with Gasteiger partial charge in [0.15, 0.2) is 0 Å². The van der Waals surface area contributed by atoms with Crippen LogP contribution in [-0.4, -0.2) is 16.3 Å². The largest absolute Gasteiger partial charge is 0.508 e. The molecule has 6 atom stereocenters. The molecule has 0 saturated heterocycles. The van der Waals surface area contributed by atoms with E-state index in [0.29, 0.717) is 23.5 Å². The number of aliphatic hydroxyl groups excluding tert-OH is 1. The molecule has 0 radical (unpaired) electrons. The second kappa shape index (κ2) is 4.47. The number of fused-ring (bicyclic) bond motifs is 5. The van der Waals surface area contributed by atoms with E-state index in [1.54, 1.807) is 6.07 Å². The number of rotatable bonds is 0. The first-order chi connectivity index (χ1) is 10.0. The molecule has 4 rings (SSSR count). The predicted molar refractivity (Wildman–Crippen MR) is 82.0 cm³/mol. The highest BCUT2D eigenvalue weighted by atomic mass is 16.3. The molecule has 114 valence electrons. The molecule has 1 unspecified atom stereocenters. The van der Waals surface area contributed by atoms with Crippen LogP contribution in [0, 0.1) is 17.3 Å². The summed E-state index contributed by atoms with van der Waals surface area (Å²) in [6.07, 6.45) is 5.19. The molecule has 0 heterocycles. The monoisotopic (exact) mass is 287 g/mol. The van der Waals surface area contributed by atoms with E-state index in [1.807, 2.05) is 6.07 Å². The summed E-state index contributed by atoms with van der Waals surface area (Å²) in [5.74, 6) is 2.07. The van der Waals surface area contributed by atoms with Crippen molar-refractivity contribution in [2.45, 2.75) is 57.1 Å². The molecule has 1 aromatic rings. The number of benzene rings is 1. The third-order valence-corrected chi connectivity index (χ3v) is 6.78. The fourth-order valence-corrected chi connectivity index (χ4v) is 5.62. The number of aliphatic hydroxyl groups is 1. The lowest BCUT2D eigenvalue weighted by Crippen LogP contribution is -2.45. The van der Waals surface area contributed by atoms with Gasteiger partial charge in [0.05, 0.1) is 6.10 Å². The van der Waals surface area contributed by atoms with E-state index in [-0.39, 0.29) is 17.6 Å². The molecule has 0 spiro atoms. The Morgan fingerprint density at radius 2 is 2.00 bits per heavy atom.